The molecule has 2 aromatic carbocycles. The van der Waals surface area contributed by atoms with Gasteiger partial charge in [-0.25, -0.2) is 4.98 Å². The molecule has 1 saturated heterocycles. The van der Waals surface area contributed by atoms with Crippen molar-refractivity contribution in [3.8, 4) is 5.75 Å². The SMILES string of the molecule is Clc1cccc(COc2cccc3ccc(N4CCCC4)nc23)c1. The average molecular weight is 339 g/mol. The Kier molecular flexibility index (Phi) is 4.26. The summed E-state index contributed by atoms with van der Waals surface area (Å²) in [6.45, 7) is 2.66. The van der Waals surface area contributed by atoms with E-state index in [4.69, 9.17) is 21.3 Å². The van der Waals surface area contributed by atoms with Gasteiger partial charge < -0.3 is 9.64 Å². The molecule has 1 aliphatic heterocycles. The van der Waals surface area contributed by atoms with Gasteiger partial charge in [0.25, 0.3) is 0 Å². The number of fused-ring (bicyclic) bond motifs is 1. The fourth-order valence-electron chi connectivity index (χ4n) is 3.14. The van der Waals surface area contributed by atoms with Crippen molar-refractivity contribution in [1.29, 1.82) is 0 Å². The molecule has 1 aromatic heterocycles. The molecule has 4 heteroatoms. The molecular formula is C20H19ClN2O. The van der Waals surface area contributed by atoms with Crippen LogP contribution < -0.4 is 9.64 Å². The summed E-state index contributed by atoms with van der Waals surface area (Å²) in [6.07, 6.45) is 2.49. The van der Waals surface area contributed by atoms with Gasteiger partial charge in [0.15, 0.2) is 0 Å². The van der Waals surface area contributed by atoms with E-state index in [1.807, 2.05) is 36.4 Å². The highest BCUT2D eigenvalue weighted by Gasteiger charge is 2.14. The minimum atomic E-state index is 0.481. The van der Waals surface area contributed by atoms with Crippen LogP contribution in [0.4, 0.5) is 5.82 Å². The van der Waals surface area contributed by atoms with Crippen molar-refractivity contribution in [3.05, 3.63) is 65.2 Å². The summed E-state index contributed by atoms with van der Waals surface area (Å²) in [4.78, 5) is 7.20. The van der Waals surface area contributed by atoms with E-state index in [2.05, 4.69) is 23.1 Å². The summed E-state index contributed by atoms with van der Waals surface area (Å²) in [5.74, 6) is 1.85. The average Bonchev–Trinajstić information content (AvgIpc) is 3.14. The zero-order chi connectivity index (χ0) is 16.4. The van der Waals surface area contributed by atoms with Gasteiger partial charge >= 0.3 is 0 Å². The lowest BCUT2D eigenvalue weighted by atomic mass is 10.2. The van der Waals surface area contributed by atoms with Crippen LogP contribution in [0.15, 0.2) is 54.6 Å². The van der Waals surface area contributed by atoms with E-state index in [0.717, 1.165) is 46.1 Å². The van der Waals surface area contributed by atoms with Crippen molar-refractivity contribution in [3.63, 3.8) is 0 Å². The number of rotatable bonds is 4. The van der Waals surface area contributed by atoms with Gasteiger partial charge in [0, 0.05) is 23.5 Å². The molecular weight excluding hydrogens is 320 g/mol. The van der Waals surface area contributed by atoms with E-state index < -0.39 is 0 Å². The summed E-state index contributed by atoms with van der Waals surface area (Å²) in [7, 11) is 0. The van der Waals surface area contributed by atoms with Gasteiger partial charge in [-0.05, 0) is 48.7 Å². The highest BCUT2D eigenvalue weighted by Crippen LogP contribution is 2.28. The van der Waals surface area contributed by atoms with Gasteiger partial charge in [-0.3, -0.25) is 0 Å². The molecule has 24 heavy (non-hydrogen) atoms. The van der Waals surface area contributed by atoms with Crippen molar-refractivity contribution in [2.24, 2.45) is 0 Å². The number of para-hydroxylation sites is 1. The minimum absolute atomic E-state index is 0.481. The quantitative estimate of drug-likeness (QED) is 0.664. The van der Waals surface area contributed by atoms with Crippen LogP contribution in [-0.2, 0) is 6.61 Å². The van der Waals surface area contributed by atoms with E-state index in [9.17, 15) is 0 Å². The lowest BCUT2D eigenvalue weighted by Gasteiger charge is -2.17. The van der Waals surface area contributed by atoms with Crippen LogP contribution in [-0.4, -0.2) is 18.1 Å². The van der Waals surface area contributed by atoms with Gasteiger partial charge in [0.05, 0.1) is 0 Å². The van der Waals surface area contributed by atoms with E-state index in [1.165, 1.54) is 12.8 Å². The molecule has 4 rings (SSSR count). The lowest BCUT2D eigenvalue weighted by molar-refractivity contribution is 0.309. The van der Waals surface area contributed by atoms with Gasteiger partial charge in [-0.1, -0.05) is 35.9 Å². The summed E-state index contributed by atoms with van der Waals surface area (Å²) < 4.78 is 6.04. The molecule has 122 valence electrons. The lowest BCUT2D eigenvalue weighted by Crippen LogP contribution is -2.18. The number of nitrogens with zero attached hydrogens (tertiary/aromatic N) is 2. The van der Waals surface area contributed by atoms with Crippen molar-refractivity contribution < 1.29 is 4.74 Å². The smallest absolute Gasteiger partial charge is 0.146 e. The number of pyridine rings is 1. The summed E-state index contributed by atoms with van der Waals surface area (Å²) in [6, 6.07) is 18.0. The maximum atomic E-state index is 6.04. The zero-order valence-electron chi connectivity index (χ0n) is 13.4. The van der Waals surface area contributed by atoms with Gasteiger partial charge in [-0.15, -0.1) is 0 Å². The van der Waals surface area contributed by atoms with Crippen molar-refractivity contribution in [2.75, 3.05) is 18.0 Å². The third-order valence-corrected chi connectivity index (χ3v) is 4.62. The summed E-state index contributed by atoms with van der Waals surface area (Å²) in [5.41, 5.74) is 1.97. The Morgan fingerprint density at radius 3 is 2.67 bits per heavy atom. The topological polar surface area (TPSA) is 25.4 Å². The fourth-order valence-corrected chi connectivity index (χ4v) is 3.35. The van der Waals surface area contributed by atoms with E-state index in [1.54, 1.807) is 0 Å². The fraction of sp³-hybridized carbons (Fsp3) is 0.250. The minimum Gasteiger partial charge on any atom is -0.487 e. The van der Waals surface area contributed by atoms with Gasteiger partial charge in [0.2, 0.25) is 0 Å². The van der Waals surface area contributed by atoms with Crippen LogP contribution in [0.5, 0.6) is 5.75 Å². The molecule has 3 aromatic rings. The largest absolute Gasteiger partial charge is 0.487 e. The predicted molar refractivity (Wildman–Crippen MR) is 99.0 cm³/mol. The molecule has 0 bridgehead atoms. The molecule has 3 nitrogen and oxygen atoms in total. The number of benzene rings is 2. The monoisotopic (exact) mass is 338 g/mol. The Bertz CT molecular complexity index is 859. The van der Waals surface area contributed by atoms with Crippen molar-refractivity contribution >= 4 is 28.3 Å². The standard InChI is InChI=1S/C20H19ClN2O/c21-17-7-3-5-15(13-17)14-24-18-8-4-6-16-9-10-19(22-20(16)18)23-11-1-2-12-23/h3-10,13H,1-2,11-12,14H2. The Morgan fingerprint density at radius 1 is 1.00 bits per heavy atom. The Morgan fingerprint density at radius 2 is 1.83 bits per heavy atom. The molecule has 2 heterocycles. The molecule has 0 radical (unpaired) electrons. The number of aromatic nitrogens is 1. The third-order valence-electron chi connectivity index (χ3n) is 4.38. The molecule has 1 aliphatic rings. The van der Waals surface area contributed by atoms with Crippen LogP contribution in [0.1, 0.15) is 18.4 Å². The molecule has 0 saturated carbocycles. The Hall–Kier alpha value is -2.26. The van der Waals surface area contributed by atoms with Crippen LogP contribution in [0.2, 0.25) is 5.02 Å². The molecule has 0 atom stereocenters. The zero-order valence-corrected chi connectivity index (χ0v) is 14.2. The number of halogens is 1. The second kappa shape index (κ2) is 6.70. The van der Waals surface area contributed by atoms with Gasteiger partial charge in [0.1, 0.15) is 23.7 Å². The first-order valence-corrected chi connectivity index (χ1v) is 8.69. The Balaban J connectivity index is 1.62. The van der Waals surface area contributed by atoms with Crippen LogP contribution in [0.3, 0.4) is 0 Å². The summed E-state index contributed by atoms with van der Waals surface area (Å²) in [5, 5.41) is 1.82. The first-order valence-electron chi connectivity index (χ1n) is 8.31. The second-order valence-corrected chi connectivity index (χ2v) is 6.55. The molecule has 0 spiro atoms. The number of hydrogen-bond acceptors (Lipinski definition) is 3. The Labute approximate surface area is 146 Å². The maximum Gasteiger partial charge on any atom is 0.146 e. The first kappa shape index (κ1) is 15.3. The normalized spacial score (nSPS) is 14.3. The van der Waals surface area contributed by atoms with Gasteiger partial charge in [-0.2, -0.15) is 0 Å². The van der Waals surface area contributed by atoms with Crippen LogP contribution in [0, 0.1) is 0 Å². The highest BCUT2D eigenvalue weighted by atomic mass is 35.5. The first-order chi connectivity index (χ1) is 11.8. The molecule has 0 aliphatic carbocycles. The van der Waals surface area contributed by atoms with Crippen molar-refractivity contribution in [1.82, 2.24) is 4.98 Å². The number of anilines is 1. The highest BCUT2D eigenvalue weighted by molar-refractivity contribution is 6.30. The van der Waals surface area contributed by atoms with E-state index in [0.29, 0.717) is 6.61 Å². The third kappa shape index (κ3) is 3.17. The van der Waals surface area contributed by atoms with Crippen molar-refractivity contribution in [2.45, 2.75) is 19.4 Å². The number of ether oxygens (including phenoxy) is 1. The van der Waals surface area contributed by atoms with E-state index >= 15 is 0 Å². The maximum absolute atomic E-state index is 6.04. The molecule has 0 amide bonds. The molecule has 0 unspecified atom stereocenters. The summed E-state index contributed by atoms with van der Waals surface area (Å²) >= 11 is 6.04. The number of hydrogen-bond donors (Lipinski definition) is 0. The second-order valence-electron chi connectivity index (χ2n) is 6.11. The van der Waals surface area contributed by atoms with Crippen LogP contribution >= 0.6 is 11.6 Å². The predicted octanol–water partition coefficient (Wildman–Crippen LogP) is 5.07. The van der Waals surface area contributed by atoms with E-state index in [-0.39, 0.29) is 0 Å². The molecule has 1 fully saturated rings. The van der Waals surface area contributed by atoms with Crippen LogP contribution in [0.25, 0.3) is 10.9 Å². The molecule has 0 N–H and O–H groups in total.